The molecule has 0 spiro atoms. The first-order valence-corrected chi connectivity index (χ1v) is 12.7. The standard InChI is InChI=1S/C29H25BrFNO2/c30-19-12-13-28(31)26(16-19)18-14-20-6-5-7-21(15-18)32(20)29(33)34-17-27-24-10-3-1-8-22(24)23-9-2-4-11-25(23)27/h1-4,8-14,16,20-21,27H,5-7,15,17H2. The van der Waals surface area contributed by atoms with Gasteiger partial charge in [0, 0.05) is 22.0 Å². The van der Waals surface area contributed by atoms with E-state index in [0.29, 0.717) is 18.6 Å². The fourth-order valence-electron chi connectivity index (χ4n) is 5.93. The van der Waals surface area contributed by atoms with E-state index in [1.807, 2.05) is 23.1 Å². The van der Waals surface area contributed by atoms with Crippen LogP contribution in [0.2, 0.25) is 0 Å². The Bertz CT molecular complexity index is 1260. The number of hydrogen-bond donors (Lipinski definition) is 0. The molecule has 2 atom stereocenters. The number of hydrogen-bond acceptors (Lipinski definition) is 2. The van der Waals surface area contributed by atoms with Crippen LogP contribution in [0.4, 0.5) is 9.18 Å². The Morgan fingerprint density at radius 3 is 2.38 bits per heavy atom. The first-order valence-electron chi connectivity index (χ1n) is 11.9. The lowest BCUT2D eigenvalue weighted by atomic mass is 9.83. The normalized spacial score (nSPS) is 21.0. The van der Waals surface area contributed by atoms with Gasteiger partial charge in [0.1, 0.15) is 12.4 Å². The Morgan fingerprint density at radius 1 is 0.971 bits per heavy atom. The third-order valence-corrected chi connectivity index (χ3v) is 7.95. The van der Waals surface area contributed by atoms with Crippen LogP contribution < -0.4 is 0 Å². The number of ether oxygens (including phenoxy) is 1. The number of amides is 1. The molecule has 2 bridgehead atoms. The largest absolute Gasteiger partial charge is 0.448 e. The minimum Gasteiger partial charge on any atom is -0.448 e. The lowest BCUT2D eigenvalue weighted by Crippen LogP contribution is -2.52. The number of fused-ring (bicyclic) bond motifs is 5. The minimum absolute atomic E-state index is 0.0350. The molecule has 1 aliphatic carbocycles. The van der Waals surface area contributed by atoms with Gasteiger partial charge >= 0.3 is 6.09 Å². The molecule has 1 fully saturated rings. The highest BCUT2D eigenvalue weighted by atomic mass is 79.9. The van der Waals surface area contributed by atoms with Crippen LogP contribution in [0, 0.1) is 5.82 Å². The molecule has 6 rings (SSSR count). The van der Waals surface area contributed by atoms with Crippen molar-refractivity contribution < 1.29 is 13.9 Å². The first kappa shape index (κ1) is 21.6. The van der Waals surface area contributed by atoms with Crippen LogP contribution in [-0.2, 0) is 4.74 Å². The van der Waals surface area contributed by atoms with Gasteiger partial charge in [-0.2, -0.15) is 0 Å². The van der Waals surface area contributed by atoms with Crippen molar-refractivity contribution in [1.82, 2.24) is 4.90 Å². The summed E-state index contributed by atoms with van der Waals surface area (Å²) in [5, 5.41) is 0. The van der Waals surface area contributed by atoms with Crippen molar-refractivity contribution in [1.29, 1.82) is 0 Å². The zero-order chi connectivity index (χ0) is 23.2. The van der Waals surface area contributed by atoms with Crippen LogP contribution in [0.25, 0.3) is 16.7 Å². The molecule has 1 amide bonds. The Hall–Kier alpha value is -2.92. The lowest BCUT2D eigenvalue weighted by Gasteiger charge is -2.44. The zero-order valence-electron chi connectivity index (χ0n) is 18.7. The van der Waals surface area contributed by atoms with Crippen LogP contribution in [-0.4, -0.2) is 29.7 Å². The Morgan fingerprint density at radius 2 is 1.68 bits per heavy atom. The SMILES string of the molecule is O=C(OCC1c2ccccc2-c2ccccc21)N1C2C=C(c3cc(Br)ccc3F)CC1CCC2. The van der Waals surface area contributed by atoms with Gasteiger partial charge in [-0.3, -0.25) is 4.90 Å². The average Bonchev–Trinajstić information content (AvgIpc) is 3.17. The van der Waals surface area contributed by atoms with E-state index in [1.54, 1.807) is 6.07 Å². The third-order valence-electron chi connectivity index (χ3n) is 7.46. The van der Waals surface area contributed by atoms with Crippen LogP contribution in [0.3, 0.4) is 0 Å². The fourth-order valence-corrected chi connectivity index (χ4v) is 6.29. The molecule has 172 valence electrons. The quantitative estimate of drug-likeness (QED) is 0.358. The van der Waals surface area contributed by atoms with Crippen LogP contribution in [0.1, 0.15) is 48.3 Å². The smallest absolute Gasteiger partial charge is 0.410 e. The van der Waals surface area contributed by atoms with Gasteiger partial charge in [0.25, 0.3) is 0 Å². The van der Waals surface area contributed by atoms with E-state index < -0.39 is 0 Å². The van der Waals surface area contributed by atoms with E-state index in [1.165, 1.54) is 28.3 Å². The second-order valence-corrected chi connectivity index (χ2v) is 10.3. The minimum atomic E-state index is -0.262. The molecule has 2 unspecified atom stereocenters. The van der Waals surface area contributed by atoms with Crippen molar-refractivity contribution in [2.24, 2.45) is 0 Å². The highest BCUT2D eigenvalue weighted by Gasteiger charge is 2.39. The summed E-state index contributed by atoms with van der Waals surface area (Å²) in [6, 6.07) is 21.7. The summed E-state index contributed by atoms with van der Waals surface area (Å²) < 4.78 is 21.4. The molecule has 3 aliphatic rings. The Labute approximate surface area is 207 Å². The predicted molar refractivity (Wildman–Crippen MR) is 135 cm³/mol. The fraction of sp³-hybridized carbons (Fsp3) is 0.276. The molecule has 1 saturated heterocycles. The van der Waals surface area contributed by atoms with Gasteiger partial charge in [-0.1, -0.05) is 70.5 Å². The van der Waals surface area contributed by atoms with Gasteiger partial charge in [-0.15, -0.1) is 0 Å². The van der Waals surface area contributed by atoms with Gasteiger partial charge in [-0.05, 0) is 71.7 Å². The van der Waals surface area contributed by atoms with E-state index in [2.05, 4.69) is 58.4 Å². The van der Waals surface area contributed by atoms with E-state index >= 15 is 0 Å². The number of piperidine rings is 1. The van der Waals surface area contributed by atoms with Crippen LogP contribution >= 0.6 is 15.9 Å². The van der Waals surface area contributed by atoms with E-state index in [9.17, 15) is 9.18 Å². The number of carbonyl (C=O) groups excluding carboxylic acids is 1. The summed E-state index contributed by atoms with van der Waals surface area (Å²) in [6.07, 6.45) is 5.30. The molecule has 0 aromatic heterocycles. The molecule has 5 heteroatoms. The molecular weight excluding hydrogens is 493 g/mol. The van der Waals surface area contributed by atoms with E-state index in [4.69, 9.17) is 4.74 Å². The summed E-state index contributed by atoms with van der Waals surface area (Å²) in [5.74, 6) is -0.176. The monoisotopic (exact) mass is 517 g/mol. The summed E-state index contributed by atoms with van der Waals surface area (Å²) in [5.41, 5.74) is 6.47. The van der Waals surface area contributed by atoms with Gasteiger partial charge in [0.05, 0.1) is 6.04 Å². The Balaban J connectivity index is 1.23. The predicted octanol–water partition coefficient (Wildman–Crippen LogP) is 7.55. The molecule has 34 heavy (non-hydrogen) atoms. The summed E-state index contributed by atoms with van der Waals surface area (Å²) in [6.45, 7) is 0.319. The summed E-state index contributed by atoms with van der Waals surface area (Å²) in [7, 11) is 0. The van der Waals surface area contributed by atoms with E-state index in [0.717, 1.165) is 29.3 Å². The molecule has 3 nitrogen and oxygen atoms in total. The van der Waals surface area contributed by atoms with Gasteiger partial charge in [0.15, 0.2) is 0 Å². The molecule has 2 heterocycles. The van der Waals surface area contributed by atoms with Crippen LogP contribution in [0.5, 0.6) is 0 Å². The maximum atomic E-state index is 14.6. The number of halogens is 2. The number of nitrogens with zero attached hydrogens (tertiary/aromatic N) is 1. The molecule has 0 radical (unpaired) electrons. The molecule has 3 aromatic rings. The van der Waals surface area contributed by atoms with Gasteiger partial charge < -0.3 is 4.74 Å². The second kappa shape index (κ2) is 8.70. The molecule has 0 saturated carbocycles. The van der Waals surface area contributed by atoms with Crippen molar-refractivity contribution in [3.05, 3.63) is 99.8 Å². The van der Waals surface area contributed by atoms with Crippen molar-refractivity contribution in [2.45, 2.75) is 43.7 Å². The highest BCUT2D eigenvalue weighted by molar-refractivity contribution is 9.10. The average molecular weight is 518 g/mol. The van der Waals surface area contributed by atoms with Crippen molar-refractivity contribution >= 4 is 27.6 Å². The van der Waals surface area contributed by atoms with Crippen molar-refractivity contribution in [3.8, 4) is 11.1 Å². The van der Waals surface area contributed by atoms with Gasteiger partial charge in [-0.25, -0.2) is 9.18 Å². The topological polar surface area (TPSA) is 29.5 Å². The number of carbonyl (C=O) groups is 1. The molecule has 2 aliphatic heterocycles. The first-order chi connectivity index (χ1) is 16.6. The number of benzene rings is 3. The highest BCUT2D eigenvalue weighted by Crippen LogP contribution is 2.45. The number of rotatable bonds is 3. The van der Waals surface area contributed by atoms with Crippen LogP contribution in [0.15, 0.2) is 77.3 Å². The maximum absolute atomic E-state index is 14.6. The van der Waals surface area contributed by atoms with Crippen molar-refractivity contribution in [3.63, 3.8) is 0 Å². The molecular formula is C29H25BrFNO2. The summed E-state index contributed by atoms with van der Waals surface area (Å²) >= 11 is 3.46. The van der Waals surface area contributed by atoms with Gasteiger partial charge in [0.2, 0.25) is 0 Å². The molecule has 0 N–H and O–H groups in total. The molecule has 3 aromatic carbocycles. The zero-order valence-corrected chi connectivity index (χ0v) is 20.3. The van der Waals surface area contributed by atoms with Crippen molar-refractivity contribution in [2.75, 3.05) is 6.61 Å². The Kier molecular flexibility index (Phi) is 5.53. The third kappa shape index (κ3) is 3.67. The maximum Gasteiger partial charge on any atom is 0.410 e. The summed E-state index contributed by atoms with van der Waals surface area (Å²) in [4.78, 5) is 15.2. The second-order valence-electron chi connectivity index (χ2n) is 9.38. The lowest BCUT2D eigenvalue weighted by molar-refractivity contribution is 0.0538. The van der Waals surface area contributed by atoms with E-state index in [-0.39, 0.29) is 29.9 Å².